The number of benzene rings is 1. The molecule has 2 N–H and O–H groups in total. The first-order chi connectivity index (χ1) is 19.4. The molecule has 1 aromatic heterocycles. The molecule has 1 aliphatic heterocycles. The first-order valence-electron chi connectivity index (χ1n) is 15.2. The van der Waals surface area contributed by atoms with Gasteiger partial charge in [-0.25, -0.2) is 8.42 Å². The molecule has 0 saturated carbocycles. The average Bonchev–Trinajstić information content (AvgIpc) is 3.33. The average molecular weight is 592 g/mol. The van der Waals surface area contributed by atoms with Crippen molar-refractivity contribution in [1.82, 2.24) is 14.9 Å². The second-order valence-electron chi connectivity index (χ2n) is 10.8. The highest BCUT2D eigenvalue weighted by molar-refractivity contribution is 7.91. The van der Waals surface area contributed by atoms with Crippen LogP contribution in [0.5, 0.6) is 5.75 Å². The van der Waals surface area contributed by atoms with Crippen molar-refractivity contribution in [3.8, 4) is 5.75 Å². The Bertz CT molecular complexity index is 1120. The molecule has 1 fully saturated rings. The van der Waals surface area contributed by atoms with Gasteiger partial charge in [-0.05, 0) is 62.6 Å². The summed E-state index contributed by atoms with van der Waals surface area (Å²) < 4.78 is 33.9. The van der Waals surface area contributed by atoms with E-state index in [1.807, 2.05) is 0 Å². The monoisotopic (exact) mass is 591 g/mol. The van der Waals surface area contributed by atoms with Crippen LogP contribution in [0.25, 0.3) is 0 Å². The summed E-state index contributed by atoms with van der Waals surface area (Å²) in [6, 6.07) is 10.8. The van der Waals surface area contributed by atoms with Gasteiger partial charge in [-0.1, -0.05) is 70.8 Å². The van der Waals surface area contributed by atoms with Gasteiger partial charge < -0.3 is 15.4 Å². The highest BCUT2D eigenvalue weighted by Gasteiger charge is 2.28. The number of unbranched alkanes of at least 4 members (excludes halogenated alkanes) is 9. The Labute approximate surface area is 246 Å². The van der Waals surface area contributed by atoms with Crippen LogP contribution in [0.1, 0.15) is 106 Å². The lowest BCUT2D eigenvalue weighted by Crippen LogP contribution is -2.34. The van der Waals surface area contributed by atoms with Crippen LogP contribution < -0.4 is 15.4 Å². The summed E-state index contributed by atoms with van der Waals surface area (Å²) in [5.74, 6) is 0.395. The molecule has 0 radical (unpaired) electrons. The first kappa shape index (κ1) is 32.6. The van der Waals surface area contributed by atoms with E-state index in [0.717, 1.165) is 30.7 Å². The van der Waals surface area contributed by atoms with E-state index in [1.54, 1.807) is 47.8 Å². The molecule has 1 unspecified atom stereocenters. The van der Waals surface area contributed by atoms with Gasteiger partial charge in [-0.15, -0.1) is 11.3 Å². The Balaban J connectivity index is 1.36. The summed E-state index contributed by atoms with van der Waals surface area (Å²) in [7, 11) is -1.98. The topological polar surface area (TPSA) is 87.7 Å². The Morgan fingerprint density at radius 2 is 1.70 bits per heavy atom. The van der Waals surface area contributed by atoms with Gasteiger partial charge in [0.05, 0.1) is 13.7 Å². The minimum atomic E-state index is -3.54. The molecule has 7 nitrogen and oxygen atoms in total. The second kappa shape index (κ2) is 17.8. The number of hydrogen-bond acceptors (Lipinski definition) is 6. The zero-order chi connectivity index (χ0) is 28.6. The Hall–Kier alpha value is -1.94. The van der Waals surface area contributed by atoms with E-state index in [2.05, 4.69) is 17.6 Å². The van der Waals surface area contributed by atoms with Gasteiger partial charge in [-0.3, -0.25) is 4.79 Å². The summed E-state index contributed by atoms with van der Waals surface area (Å²) in [5, 5.41) is 6.56. The van der Waals surface area contributed by atoms with Crippen LogP contribution in [0, 0.1) is 0 Å². The molecule has 1 amide bonds. The number of thiophene rings is 1. The van der Waals surface area contributed by atoms with Gasteiger partial charge in [-0.2, -0.15) is 4.31 Å². The predicted molar refractivity (Wildman–Crippen MR) is 165 cm³/mol. The highest BCUT2D eigenvalue weighted by atomic mass is 32.2. The summed E-state index contributed by atoms with van der Waals surface area (Å²) in [4.78, 5) is 13.3. The van der Waals surface area contributed by atoms with E-state index in [4.69, 9.17) is 4.74 Å². The van der Waals surface area contributed by atoms with Crippen molar-refractivity contribution >= 4 is 27.3 Å². The van der Waals surface area contributed by atoms with Crippen LogP contribution in [-0.2, 0) is 16.6 Å². The van der Waals surface area contributed by atoms with Gasteiger partial charge >= 0.3 is 0 Å². The number of nitrogens with one attached hydrogen (secondary N) is 2. The molecule has 9 heteroatoms. The van der Waals surface area contributed by atoms with E-state index < -0.39 is 10.0 Å². The third-order valence-corrected chi connectivity index (χ3v) is 11.1. The molecule has 1 aromatic carbocycles. The third kappa shape index (κ3) is 10.8. The number of sulfonamides is 1. The Kier molecular flexibility index (Phi) is 14.5. The van der Waals surface area contributed by atoms with Crippen molar-refractivity contribution in [3.05, 3.63) is 46.8 Å². The van der Waals surface area contributed by atoms with Crippen molar-refractivity contribution in [2.75, 3.05) is 26.7 Å². The van der Waals surface area contributed by atoms with Gasteiger partial charge in [0.1, 0.15) is 9.96 Å². The molecule has 1 saturated heterocycles. The summed E-state index contributed by atoms with van der Waals surface area (Å²) >= 11 is 1.23. The van der Waals surface area contributed by atoms with Crippen LogP contribution in [0.3, 0.4) is 0 Å². The van der Waals surface area contributed by atoms with E-state index in [1.165, 1.54) is 75.5 Å². The quantitative estimate of drug-likeness (QED) is 0.188. The highest BCUT2D eigenvalue weighted by Crippen LogP contribution is 2.27. The SMILES string of the molecule is CCCCCCCCCCCCNC1CCCN(S(=O)(=O)c2ccc(CNC(=O)c3cccc(OC)c3)s2)CC1. The fraction of sp³-hybridized carbons (Fsp3) is 0.645. The van der Waals surface area contributed by atoms with Crippen molar-refractivity contribution in [1.29, 1.82) is 0 Å². The molecule has 0 bridgehead atoms. The molecule has 224 valence electrons. The van der Waals surface area contributed by atoms with Crippen LogP contribution in [0.15, 0.2) is 40.6 Å². The molecule has 0 aliphatic carbocycles. The number of nitrogens with zero attached hydrogens (tertiary/aromatic N) is 1. The summed E-state index contributed by atoms with van der Waals surface area (Å²) in [5.41, 5.74) is 0.504. The minimum Gasteiger partial charge on any atom is -0.497 e. The number of rotatable bonds is 18. The number of amides is 1. The van der Waals surface area contributed by atoms with E-state index in [9.17, 15) is 13.2 Å². The van der Waals surface area contributed by atoms with Crippen LogP contribution in [-0.4, -0.2) is 51.4 Å². The molecular weight excluding hydrogens is 542 g/mol. The summed E-state index contributed by atoms with van der Waals surface area (Å²) in [6.07, 6.45) is 16.1. The number of carbonyl (C=O) groups excluding carboxylic acids is 1. The molecule has 0 spiro atoms. The molecule has 3 rings (SSSR count). The minimum absolute atomic E-state index is 0.222. The smallest absolute Gasteiger partial charge is 0.252 e. The number of hydrogen-bond donors (Lipinski definition) is 2. The van der Waals surface area contributed by atoms with Crippen LogP contribution >= 0.6 is 11.3 Å². The van der Waals surface area contributed by atoms with Gasteiger partial charge in [0.2, 0.25) is 0 Å². The van der Waals surface area contributed by atoms with Crippen molar-refractivity contribution < 1.29 is 17.9 Å². The third-order valence-electron chi connectivity index (χ3n) is 7.64. The Morgan fingerprint density at radius 3 is 2.42 bits per heavy atom. The standard InChI is InChI=1S/C31H49N3O4S2/c1-3-4-5-6-7-8-9-10-11-12-21-32-27-16-14-22-34(23-20-27)40(36,37)30-19-18-29(39-30)25-33-31(35)26-15-13-17-28(24-26)38-2/h13,15,17-19,24,27,32H,3-12,14,16,20-23,25H2,1-2H3,(H,33,35). The normalized spacial score (nSPS) is 16.5. The number of carbonyl (C=O) groups is 1. The van der Waals surface area contributed by atoms with E-state index >= 15 is 0 Å². The maximum Gasteiger partial charge on any atom is 0.252 e. The maximum absolute atomic E-state index is 13.4. The van der Waals surface area contributed by atoms with Crippen molar-refractivity contribution in [2.24, 2.45) is 0 Å². The lowest BCUT2D eigenvalue weighted by Gasteiger charge is -2.19. The van der Waals surface area contributed by atoms with Gasteiger partial charge in [0.15, 0.2) is 0 Å². The first-order valence-corrected chi connectivity index (χ1v) is 17.4. The van der Waals surface area contributed by atoms with Crippen LogP contribution in [0.2, 0.25) is 0 Å². The van der Waals surface area contributed by atoms with E-state index in [-0.39, 0.29) is 12.5 Å². The molecule has 40 heavy (non-hydrogen) atoms. The van der Waals surface area contributed by atoms with Gasteiger partial charge in [0, 0.05) is 29.6 Å². The second-order valence-corrected chi connectivity index (χ2v) is 14.1. The Morgan fingerprint density at radius 1 is 0.975 bits per heavy atom. The lowest BCUT2D eigenvalue weighted by atomic mass is 10.1. The van der Waals surface area contributed by atoms with Crippen molar-refractivity contribution in [2.45, 2.75) is 107 Å². The maximum atomic E-state index is 13.4. The van der Waals surface area contributed by atoms with Crippen molar-refractivity contribution in [3.63, 3.8) is 0 Å². The molecular formula is C31H49N3O4S2. The molecule has 1 atom stereocenters. The lowest BCUT2D eigenvalue weighted by molar-refractivity contribution is 0.0951. The fourth-order valence-electron chi connectivity index (χ4n) is 5.19. The van der Waals surface area contributed by atoms with Gasteiger partial charge in [0.25, 0.3) is 15.9 Å². The van der Waals surface area contributed by atoms with Crippen LogP contribution in [0.4, 0.5) is 0 Å². The fourth-order valence-corrected chi connectivity index (χ4v) is 8.13. The zero-order valence-corrected chi connectivity index (χ0v) is 26.1. The largest absolute Gasteiger partial charge is 0.497 e. The predicted octanol–water partition coefficient (Wildman–Crippen LogP) is 6.74. The zero-order valence-electron chi connectivity index (χ0n) is 24.5. The number of ether oxygens (including phenoxy) is 1. The number of methoxy groups -OCH3 is 1. The molecule has 2 aromatic rings. The summed E-state index contributed by atoms with van der Waals surface area (Å²) in [6.45, 7) is 4.65. The van der Waals surface area contributed by atoms with E-state index in [0.29, 0.717) is 34.7 Å². The molecule has 2 heterocycles. The molecule has 1 aliphatic rings.